The molecule has 0 saturated carbocycles. The lowest BCUT2D eigenvalue weighted by Crippen LogP contribution is -2.24. The zero-order valence-corrected chi connectivity index (χ0v) is 17.8. The van der Waals surface area contributed by atoms with Crippen LogP contribution in [0.15, 0.2) is 77.4 Å². The van der Waals surface area contributed by atoms with Gasteiger partial charge in [0, 0.05) is 11.6 Å². The van der Waals surface area contributed by atoms with Crippen LogP contribution >= 0.6 is 0 Å². The van der Waals surface area contributed by atoms with Crippen molar-refractivity contribution < 1.29 is 31.9 Å². The van der Waals surface area contributed by atoms with Crippen molar-refractivity contribution in [2.24, 2.45) is 0 Å². The molecule has 12 heteroatoms. The maximum atomic E-state index is 13.2. The number of nitrogens with one attached hydrogen (secondary N) is 1. The molecule has 35 heavy (non-hydrogen) atoms. The maximum absolute atomic E-state index is 13.2. The van der Waals surface area contributed by atoms with Gasteiger partial charge in [-0.2, -0.15) is 17.9 Å². The number of carbonyl (C=O) groups is 2. The molecule has 0 radical (unpaired) electrons. The number of amides is 1. The molecule has 4 aromatic rings. The molecule has 0 unspecified atom stereocenters. The molecule has 0 aliphatic heterocycles. The fraction of sp³-hybridized carbons (Fsp3) is 0.0870. The third-order valence-electron chi connectivity index (χ3n) is 4.60. The summed E-state index contributed by atoms with van der Waals surface area (Å²) in [7, 11) is 0. The predicted molar refractivity (Wildman–Crippen MR) is 117 cm³/mol. The van der Waals surface area contributed by atoms with Gasteiger partial charge in [-0.3, -0.25) is 4.79 Å². The molecule has 4 rings (SSSR count). The smallest absolute Gasteiger partial charge is 0.418 e. The minimum atomic E-state index is -4.67. The summed E-state index contributed by atoms with van der Waals surface area (Å²) < 4.78 is 50.9. The normalized spacial score (nSPS) is 11.8. The number of tetrazole rings is 1. The zero-order valence-electron chi connectivity index (χ0n) is 17.8. The van der Waals surface area contributed by atoms with Gasteiger partial charge in [-0.25, -0.2) is 4.79 Å². The number of aromatic nitrogens is 4. The molecule has 9 nitrogen and oxygen atoms in total. The van der Waals surface area contributed by atoms with Gasteiger partial charge in [0.1, 0.15) is 5.76 Å². The third kappa shape index (κ3) is 5.61. The first-order valence-corrected chi connectivity index (χ1v) is 10.1. The molecule has 1 amide bonds. The quantitative estimate of drug-likeness (QED) is 0.311. The third-order valence-corrected chi connectivity index (χ3v) is 4.60. The van der Waals surface area contributed by atoms with Crippen LogP contribution in [0.4, 0.5) is 18.9 Å². The van der Waals surface area contributed by atoms with E-state index in [1.165, 1.54) is 24.5 Å². The predicted octanol–water partition coefficient (Wildman–Crippen LogP) is 4.13. The van der Waals surface area contributed by atoms with E-state index in [2.05, 4.69) is 20.8 Å². The molecule has 0 bridgehead atoms. The van der Waals surface area contributed by atoms with Gasteiger partial charge >= 0.3 is 12.1 Å². The first-order valence-electron chi connectivity index (χ1n) is 10.1. The first-order chi connectivity index (χ1) is 16.8. The highest BCUT2D eigenvalue weighted by Crippen LogP contribution is 2.34. The molecule has 0 saturated heterocycles. The van der Waals surface area contributed by atoms with Crippen LogP contribution in [-0.4, -0.2) is 38.7 Å². The molecular formula is C23H16F3N5O4. The number of carbonyl (C=O) groups excluding carboxylic acids is 2. The van der Waals surface area contributed by atoms with Crippen LogP contribution in [0.3, 0.4) is 0 Å². The molecule has 0 fully saturated rings. The minimum absolute atomic E-state index is 0.188. The largest absolute Gasteiger partial charge is 0.465 e. The Kier molecular flexibility index (Phi) is 6.71. The Morgan fingerprint density at radius 2 is 1.77 bits per heavy atom. The summed E-state index contributed by atoms with van der Waals surface area (Å²) in [5.41, 5.74) is -1.08. The van der Waals surface area contributed by atoms with Crippen LogP contribution in [0.25, 0.3) is 23.2 Å². The van der Waals surface area contributed by atoms with Gasteiger partial charge in [0.25, 0.3) is 5.91 Å². The van der Waals surface area contributed by atoms with Gasteiger partial charge in [-0.05, 0) is 34.7 Å². The summed E-state index contributed by atoms with van der Waals surface area (Å²) in [6, 6.07) is 16.4. The number of anilines is 1. The van der Waals surface area contributed by atoms with E-state index in [-0.39, 0.29) is 17.3 Å². The van der Waals surface area contributed by atoms with Gasteiger partial charge in [-0.15, -0.1) is 5.10 Å². The number of benzene rings is 2. The summed E-state index contributed by atoms with van der Waals surface area (Å²) in [6.07, 6.45) is -1.98. The lowest BCUT2D eigenvalue weighted by atomic mass is 10.1. The number of alkyl halides is 3. The van der Waals surface area contributed by atoms with Crippen LogP contribution in [0.5, 0.6) is 0 Å². The van der Waals surface area contributed by atoms with E-state index in [0.717, 1.165) is 16.8 Å². The monoisotopic (exact) mass is 483 g/mol. The molecule has 1 N–H and O–H groups in total. The number of furan rings is 1. The van der Waals surface area contributed by atoms with Crippen LogP contribution in [0.2, 0.25) is 0 Å². The van der Waals surface area contributed by atoms with E-state index >= 15 is 0 Å². The topological polar surface area (TPSA) is 112 Å². The molecule has 0 atom stereocenters. The number of hydrogen-bond donors (Lipinski definition) is 1. The Hall–Kier alpha value is -4.74. The second-order valence-electron chi connectivity index (χ2n) is 6.99. The first kappa shape index (κ1) is 23.4. The number of hydrogen-bond acceptors (Lipinski definition) is 7. The Morgan fingerprint density at radius 3 is 2.49 bits per heavy atom. The number of rotatable bonds is 7. The van der Waals surface area contributed by atoms with E-state index < -0.39 is 35.9 Å². The average Bonchev–Trinajstić information content (AvgIpc) is 3.53. The Labute approximate surface area is 195 Å². The van der Waals surface area contributed by atoms with Gasteiger partial charge in [0.15, 0.2) is 18.1 Å². The summed E-state index contributed by atoms with van der Waals surface area (Å²) in [4.78, 5) is 25.2. The molecule has 0 aliphatic rings. The minimum Gasteiger partial charge on any atom is -0.465 e. The lowest BCUT2D eigenvalue weighted by Gasteiger charge is -2.14. The molecule has 0 aliphatic carbocycles. The highest BCUT2D eigenvalue weighted by atomic mass is 19.4. The van der Waals surface area contributed by atoms with Gasteiger partial charge in [0.05, 0.1) is 17.5 Å². The van der Waals surface area contributed by atoms with Crippen LogP contribution < -0.4 is 5.32 Å². The molecule has 2 aromatic heterocycles. The van der Waals surface area contributed by atoms with E-state index in [4.69, 9.17) is 9.15 Å². The summed E-state index contributed by atoms with van der Waals surface area (Å²) in [5, 5.41) is 13.5. The standard InChI is InChI=1S/C23H16F3N5O4/c24-23(25,26)17-10-4-5-11-18(17)27-20(32)14-35-22(33)19(13-16-9-6-12-34-16)31-21(28-29-30-31)15-7-2-1-3-8-15/h1-13H,14H2,(H,27,32)/b19-13-. The highest BCUT2D eigenvalue weighted by Gasteiger charge is 2.33. The summed E-state index contributed by atoms with van der Waals surface area (Å²) in [5.74, 6) is -1.49. The summed E-state index contributed by atoms with van der Waals surface area (Å²) >= 11 is 0. The zero-order chi connectivity index (χ0) is 24.8. The number of ether oxygens (including phenoxy) is 1. The van der Waals surface area contributed by atoms with Crippen molar-refractivity contribution >= 4 is 29.3 Å². The average molecular weight is 483 g/mol. The van der Waals surface area contributed by atoms with Gasteiger partial charge in [0.2, 0.25) is 0 Å². The molecule has 2 heterocycles. The van der Waals surface area contributed by atoms with E-state index in [1.54, 1.807) is 42.5 Å². The van der Waals surface area contributed by atoms with Crippen LogP contribution in [0, 0.1) is 0 Å². The maximum Gasteiger partial charge on any atom is 0.418 e. The van der Waals surface area contributed by atoms with Crippen molar-refractivity contribution in [2.45, 2.75) is 6.18 Å². The molecular weight excluding hydrogens is 467 g/mol. The van der Waals surface area contributed by atoms with Crippen LogP contribution in [0.1, 0.15) is 11.3 Å². The Bertz CT molecular complexity index is 1350. The highest BCUT2D eigenvalue weighted by molar-refractivity contribution is 6.16. The van der Waals surface area contributed by atoms with Crippen molar-refractivity contribution in [1.82, 2.24) is 20.2 Å². The fourth-order valence-corrected chi connectivity index (χ4v) is 3.06. The Morgan fingerprint density at radius 1 is 1.03 bits per heavy atom. The van der Waals surface area contributed by atoms with Crippen molar-refractivity contribution in [3.63, 3.8) is 0 Å². The second-order valence-corrected chi connectivity index (χ2v) is 6.99. The lowest BCUT2D eigenvalue weighted by molar-refractivity contribution is -0.142. The summed E-state index contributed by atoms with van der Waals surface area (Å²) in [6.45, 7) is -0.858. The number of esters is 1. The van der Waals surface area contributed by atoms with Crippen LogP contribution in [-0.2, 0) is 20.5 Å². The fourth-order valence-electron chi connectivity index (χ4n) is 3.06. The molecule has 0 spiro atoms. The molecule has 2 aromatic carbocycles. The van der Waals surface area contributed by atoms with Crippen molar-refractivity contribution in [1.29, 1.82) is 0 Å². The second kappa shape index (κ2) is 10.0. The number of nitrogens with zero attached hydrogens (tertiary/aromatic N) is 4. The van der Waals surface area contributed by atoms with E-state index in [1.807, 2.05) is 0 Å². The van der Waals surface area contributed by atoms with Crippen molar-refractivity contribution in [2.75, 3.05) is 11.9 Å². The number of para-hydroxylation sites is 1. The van der Waals surface area contributed by atoms with Crippen molar-refractivity contribution in [3.8, 4) is 11.4 Å². The van der Waals surface area contributed by atoms with Gasteiger partial charge < -0.3 is 14.5 Å². The van der Waals surface area contributed by atoms with Crippen molar-refractivity contribution in [3.05, 3.63) is 84.3 Å². The van der Waals surface area contributed by atoms with E-state index in [9.17, 15) is 22.8 Å². The number of halogens is 3. The molecule has 178 valence electrons. The van der Waals surface area contributed by atoms with Gasteiger partial charge in [-0.1, -0.05) is 42.5 Å². The SMILES string of the molecule is O=C(COC(=O)/C(=C/c1ccco1)n1nnnc1-c1ccccc1)Nc1ccccc1C(F)(F)F. The Balaban J connectivity index is 1.55. The van der Waals surface area contributed by atoms with E-state index in [0.29, 0.717) is 5.56 Å².